The number of nitrogens with one attached hydrogen (secondary N) is 1. The summed E-state index contributed by atoms with van der Waals surface area (Å²) in [6, 6.07) is 4.19. The summed E-state index contributed by atoms with van der Waals surface area (Å²) in [6.45, 7) is 5.02. The fraction of sp³-hybridized carbons (Fsp3) is 0.667. The summed E-state index contributed by atoms with van der Waals surface area (Å²) in [6.07, 6.45) is 4.79. The first-order valence-corrected chi connectivity index (χ1v) is 8.14. The van der Waals surface area contributed by atoms with Crippen LogP contribution < -0.4 is 5.32 Å². The van der Waals surface area contributed by atoms with E-state index in [9.17, 15) is 4.79 Å². The summed E-state index contributed by atoms with van der Waals surface area (Å²) in [5, 5.41) is 5.64. The molecule has 1 aliphatic carbocycles. The molecule has 1 saturated heterocycles. The van der Waals surface area contributed by atoms with E-state index in [1.807, 2.05) is 6.92 Å². The van der Waals surface area contributed by atoms with Crippen molar-refractivity contribution in [3.8, 4) is 0 Å². The molecule has 1 aromatic heterocycles. The van der Waals surface area contributed by atoms with Gasteiger partial charge in [0.15, 0.2) is 0 Å². The first-order valence-electron chi connectivity index (χ1n) is 7.26. The van der Waals surface area contributed by atoms with Gasteiger partial charge in [0.05, 0.1) is 5.54 Å². The molecule has 2 fully saturated rings. The van der Waals surface area contributed by atoms with Crippen molar-refractivity contribution < 1.29 is 4.79 Å². The van der Waals surface area contributed by atoms with Crippen LogP contribution in [0, 0.1) is 5.92 Å². The average molecular weight is 278 g/mol. The predicted octanol–water partition coefficient (Wildman–Crippen LogP) is 3.15. The molecule has 19 heavy (non-hydrogen) atoms. The quantitative estimate of drug-likeness (QED) is 0.897. The molecule has 1 aliphatic heterocycles. The molecular weight excluding hydrogens is 256 g/mol. The van der Waals surface area contributed by atoms with Gasteiger partial charge in [-0.3, -0.25) is 10.1 Å². The van der Waals surface area contributed by atoms with E-state index in [1.165, 1.54) is 17.7 Å². The van der Waals surface area contributed by atoms with Gasteiger partial charge in [-0.15, -0.1) is 11.3 Å². The molecule has 1 aromatic rings. The maximum absolute atomic E-state index is 12.7. The highest BCUT2D eigenvalue weighted by Crippen LogP contribution is 2.37. The van der Waals surface area contributed by atoms with E-state index < -0.39 is 5.54 Å². The normalized spacial score (nSPS) is 31.2. The highest BCUT2D eigenvalue weighted by Gasteiger charge is 2.47. The molecule has 3 rings (SSSR count). The Balaban J connectivity index is 1.80. The Kier molecular flexibility index (Phi) is 3.39. The van der Waals surface area contributed by atoms with Crippen LogP contribution in [0.5, 0.6) is 0 Å². The molecule has 1 saturated carbocycles. The zero-order valence-corrected chi connectivity index (χ0v) is 12.5. The fourth-order valence-corrected chi connectivity index (χ4v) is 3.55. The first kappa shape index (κ1) is 13.1. The molecular formula is C15H22N2OS. The minimum Gasteiger partial charge on any atom is -0.320 e. The zero-order valence-electron chi connectivity index (χ0n) is 11.7. The summed E-state index contributed by atoms with van der Waals surface area (Å²) in [5.74, 6) is 1.14. The topological polar surface area (TPSA) is 32.3 Å². The Bertz CT molecular complexity index is 455. The standard InChI is InChI=1S/C15H22N2OS/c1-3-15(2)14(18)17(9-8-11-6-7-11)13(16-15)12-5-4-10-19-12/h4-5,10-11,13,16H,3,6-9H2,1-2H3. The second kappa shape index (κ2) is 4.91. The Morgan fingerprint density at radius 1 is 1.53 bits per heavy atom. The van der Waals surface area contributed by atoms with Gasteiger partial charge >= 0.3 is 0 Å². The predicted molar refractivity (Wildman–Crippen MR) is 77.9 cm³/mol. The number of rotatable bonds is 5. The van der Waals surface area contributed by atoms with Crippen LogP contribution in [0.2, 0.25) is 0 Å². The van der Waals surface area contributed by atoms with Gasteiger partial charge in [0.25, 0.3) is 0 Å². The van der Waals surface area contributed by atoms with Crippen LogP contribution in [0.4, 0.5) is 0 Å². The molecule has 2 atom stereocenters. The van der Waals surface area contributed by atoms with E-state index in [0.29, 0.717) is 0 Å². The third kappa shape index (κ3) is 2.43. The highest BCUT2D eigenvalue weighted by atomic mass is 32.1. The summed E-state index contributed by atoms with van der Waals surface area (Å²) in [4.78, 5) is 16.0. The molecule has 2 unspecified atom stereocenters. The zero-order chi connectivity index (χ0) is 13.5. The number of carbonyl (C=O) groups is 1. The molecule has 2 heterocycles. The molecule has 3 nitrogen and oxygen atoms in total. The van der Waals surface area contributed by atoms with Gasteiger partial charge in [0, 0.05) is 11.4 Å². The lowest BCUT2D eigenvalue weighted by Crippen LogP contribution is -2.43. The number of nitrogens with zero attached hydrogens (tertiary/aromatic N) is 1. The Labute approximate surface area is 119 Å². The van der Waals surface area contributed by atoms with Gasteiger partial charge in [-0.1, -0.05) is 25.8 Å². The Morgan fingerprint density at radius 3 is 2.89 bits per heavy atom. The highest BCUT2D eigenvalue weighted by molar-refractivity contribution is 7.10. The van der Waals surface area contributed by atoms with Crippen molar-refractivity contribution in [3.63, 3.8) is 0 Å². The molecule has 4 heteroatoms. The van der Waals surface area contributed by atoms with E-state index in [4.69, 9.17) is 0 Å². The lowest BCUT2D eigenvalue weighted by molar-refractivity contribution is -0.133. The van der Waals surface area contributed by atoms with Gasteiger partial charge in [-0.05, 0) is 37.1 Å². The maximum Gasteiger partial charge on any atom is 0.244 e. The van der Waals surface area contributed by atoms with E-state index >= 15 is 0 Å². The van der Waals surface area contributed by atoms with Gasteiger partial charge in [0.2, 0.25) is 5.91 Å². The largest absolute Gasteiger partial charge is 0.320 e. The second-order valence-electron chi connectivity index (χ2n) is 5.98. The van der Waals surface area contributed by atoms with Gasteiger partial charge < -0.3 is 4.90 Å². The van der Waals surface area contributed by atoms with E-state index in [2.05, 4.69) is 34.7 Å². The summed E-state index contributed by atoms with van der Waals surface area (Å²) in [5.41, 5.74) is -0.391. The summed E-state index contributed by atoms with van der Waals surface area (Å²) >= 11 is 1.73. The number of carbonyl (C=O) groups excluding carboxylic acids is 1. The van der Waals surface area contributed by atoms with Crippen LogP contribution in [-0.4, -0.2) is 22.9 Å². The molecule has 1 amide bonds. The SMILES string of the molecule is CCC1(C)NC(c2cccs2)N(CCC2CC2)C1=O. The van der Waals surface area contributed by atoms with Crippen molar-refractivity contribution in [3.05, 3.63) is 22.4 Å². The van der Waals surface area contributed by atoms with E-state index in [-0.39, 0.29) is 12.1 Å². The van der Waals surface area contributed by atoms with Crippen molar-refractivity contribution >= 4 is 17.2 Å². The van der Waals surface area contributed by atoms with Crippen LogP contribution in [-0.2, 0) is 4.79 Å². The van der Waals surface area contributed by atoms with Crippen molar-refractivity contribution in [1.29, 1.82) is 0 Å². The number of hydrogen-bond acceptors (Lipinski definition) is 3. The molecule has 0 bridgehead atoms. The van der Waals surface area contributed by atoms with Crippen LogP contribution >= 0.6 is 11.3 Å². The van der Waals surface area contributed by atoms with Gasteiger partial charge in [0.1, 0.15) is 6.17 Å². The second-order valence-corrected chi connectivity index (χ2v) is 6.96. The van der Waals surface area contributed by atoms with E-state index in [0.717, 1.165) is 25.3 Å². The fourth-order valence-electron chi connectivity index (χ4n) is 2.76. The minimum absolute atomic E-state index is 0.0798. The molecule has 0 radical (unpaired) electrons. The van der Waals surface area contributed by atoms with Crippen molar-refractivity contribution in [1.82, 2.24) is 10.2 Å². The lowest BCUT2D eigenvalue weighted by atomic mass is 9.99. The first-order chi connectivity index (χ1) is 9.14. The van der Waals surface area contributed by atoms with Gasteiger partial charge in [-0.2, -0.15) is 0 Å². The monoisotopic (exact) mass is 278 g/mol. The molecule has 0 spiro atoms. The minimum atomic E-state index is -0.391. The summed E-state index contributed by atoms with van der Waals surface area (Å²) in [7, 11) is 0. The average Bonchev–Trinajstić information content (AvgIpc) is 3.00. The van der Waals surface area contributed by atoms with E-state index in [1.54, 1.807) is 11.3 Å². The molecule has 1 N–H and O–H groups in total. The molecule has 2 aliphatic rings. The maximum atomic E-state index is 12.7. The van der Waals surface area contributed by atoms with Crippen molar-refractivity contribution in [2.24, 2.45) is 5.92 Å². The summed E-state index contributed by atoms with van der Waals surface area (Å²) < 4.78 is 0. The third-order valence-electron chi connectivity index (χ3n) is 4.49. The van der Waals surface area contributed by atoms with Crippen molar-refractivity contribution in [2.45, 2.75) is 51.2 Å². The number of thiophene rings is 1. The van der Waals surface area contributed by atoms with Gasteiger partial charge in [-0.25, -0.2) is 0 Å². The lowest BCUT2D eigenvalue weighted by Gasteiger charge is -2.23. The number of amides is 1. The molecule has 0 aromatic carbocycles. The van der Waals surface area contributed by atoms with Crippen molar-refractivity contribution in [2.75, 3.05) is 6.54 Å². The Morgan fingerprint density at radius 2 is 2.32 bits per heavy atom. The van der Waals surface area contributed by atoms with Crippen LogP contribution in [0.25, 0.3) is 0 Å². The smallest absolute Gasteiger partial charge is 0.244 e. The van der Waals surface area contributed by atoms with Crippen LogP contribution in [0.3, 0.4) is 0 Å². The molecule has 104 valence electrons. The van der Waals surface area contributed by atoms with Crippen LogP contribution in [0.15, 0.2) is 17.5 Å². The number of hydrogen-bond donors (Lipinski definition) is 1. The van der Waals surface area contributed by atoms with Crippen LogP contribution in [0.1, 0.15) is 50.6 Å². The Hall–Kier alpha value is -0.870. The third-order valence-corrected chi connectivity index (χ3v) is 5.42.